The molecule has 6 heteroatoms. The van der Waals surface area contributed by atoms with Crippen LogP contribution in [0, 0.1) is 5.92 Å². The van der Waals surface area contributed by atoms with E-state index >= 15 is 0 Å². The molecule has 5 nitrogen and oxygen atoms in total. The van der Waals surface area contributed by atoms with E-state index in [9.17, 15) is 8.42 Å². The molecular formula is C17H35N3O2S. The van der Waals surface area contributed by atoms with Crippen LogP contribution < -0.4 is 10.6 Å². The molecule has 0 aromatic carbocycles. The molecule has 1 unspecified atom stereocenters. The predicted molar refractivity (Wildman–Crippen MR) is 98.7 cm³/mol. The Morgan fingerprint density at radius 3 is 2.57 bits per heavy atom. The van der Waals surface area contributed by atoms with Crippen molar-refractivity contribution < 1.29 is 8.42 Å². The maximum absolute atomic E-state index is 11.1. The van der Waals surface area contributed by atoms with Crippen molar-refractivity contribution in [3.63, 3.8) is 0 Å². The third-order valence-corrected chi connectivity index (χ3v) is 5.43. The van der Waals surface area contributed by atoms with Crippen LogP contribution in [-0.4, -0.2) is 45.5 Å². The van der Waals surface area contributed by atoms with E-state index in [1.54, 1.807) is 0 Å². The molecule has 0 aliphatic heterocycles. The zero-order chi connectivity index (χ0) is 17.1. The Morgan fingerprint density at radius 2 is 1.96 bits per heavy atom. The van der Waals surface area contributed by atoms with Gasteiger partial charge in [0, 0.05) is 25.4 Å². The van der Waals surface area contributed by atoms with Gasteiger partial charge in [-0.05, 0) is 39.0 Å². The van der Waals surface area contributed by atoms with Crippen molar-refractivity contribution in [2.75, 3.05) is 25.1 Å². The van der Waals surface area contributed by atoms with Crippen molar-refractivity contribution in [1.29, 1.82) is 0 Å². The van der Waals surface area contributed by atoms with E-state index in [2.05, 4.69) is 22.5 Å². The van der Waals surface area contributed by atoms with Crippen molar-refractivity contribution in [2.45, 2.75) is 71.3 Å². The van der Waals surface area contributed by atoms with Gasteiger partial charge in [0.15, 0.2) is 5.96 Å². The maximum atomic E-state index is 11.1. The lowest BCUT2D eigenvalue weighted by molar-refractivity contribution is 0.322. The highest BCUT2D eigenvalue weighted by molar-refractivity contribution is 7.90. The third kappa shape index (κ3) is 10.6. The molecule has 1 fully saturated rings. The molecule has 1 aliphatic rings. The van der Waals surface area contributed by atoms with Crippen LogP contribution in [0.15, 0.2) is 4.99 Å². The molecule has 136 valence electrons. The molecule has 1 atom stereocenters. The minimum Gasteiger partial charge on any atom is -0.357 e. The van der Waals surface area contributed by atoms with Crippen molar-refractivity contribution in [3.8, 4) is 0 Å². The van der Waals surface area contributed by atoms with Gasteiger partial charge in [-0.25, -0.2) is 8.42 Å². The van der Waals surface area contributed by atoms with E-state index in [1.807, 2.05) is 6.92 Å². The second-order valence-electron chi connectivity index (χ2n) is 6.87. The molecule has 0 heterocycles. The van der Waals surface area contributed by atoms with Gasteiger partial charge in [0.1, 0.15) is 9.84 Å². The summed E-state index contributed by atoms with van der Waals surface area (Å²) in [4.78, 5) is 4.48. The molecule has 0 radical (unpaired) electrons. The largest absolute Gasteiger partial charge is 0.357 e. The molecule has 2 N–H and O–H groups in total. The van der Waals surface area contributed by atoms with Crippen LogP contribution in [0.25, 0.3) is 0 Å². The summed E-state index contributed by atoms with van der Waals surface area (Å²) in [5.74, 6) is 1.91. The highest BCUT2D eigenvalue weighted by atomic mass is 32.2. The van der Waals surface area contributed by atoms with E-state index in [1.165, 1.54) is 51.2 Å². The molecule has 1 aliphatic carbocycles. The molecule has 0 aromatic heterocycles. The van der Waals surface area contributed by atoms with Gasteiger partial charge in [-0.3, -0.25) is 4.99 Å². The standard InChI is InChI=1S/C17H35N3O2S/c1-4-18-17(19-13-8-14-23(3,21)22)20-15(2)11-12-16-9-6-5-7-10-16/h15-16H,4-14H2,1-3H3,(H2,18,19,20). The van der Waals surface area contributed by atoms with Crippen LogP contribution in [0.5, 0.6) is 0 Å². The van der Waals surface area contributed by atoms with Gasteiger partial charge in [-0.1, -0.05) is 32.1 Å². The Labute approximate surface area is 142 Å². The molecule has 0 amide bonds. The van der Waals surface area contributed by atoms with Gasteiger partial charge in [-0.15, -0.1) is 0 Å². The number of aliphatic imine (C=N–C) groups is 1. The monoisotopic (exact) mass is 345 g/mol. The van der Waals surface area contributed by atoms with E-state index in [4.69, 9.17) is 0 Å². The van der Waals surface area contributed by atoms with Gasteiger partial charge in [0.2, 0.25) is 0 Å². The van der Waals surface area contributed by atoms with Crippen molar-refractivity contribution in [3.05, 3.63) is 0 Å². The molecule has 0 bridgehead atoms. The van der Waals surface area contributed by atoms with Gasteiger partial charge < -0.3 is 10.6 Å². The van der Waals surface area contributed by atoms with Gasteiger partial charge in [-0.2, -0.15) is 0 Å². The Hall–Kier alpha value is -0.780. The first-order valence-electron chi connectivity index (χ1n) is 9.13. The molecule has 0 saturated heterocycles. The molecule has 0 spiro atoms. The summed E-state index contributed by atoms with van der Waals surface area (Å²) in [6.07, 6.45) is 11.3. The van der Waals surface area contributed by atoms with E-state index < -0.39 is 9.84 Å². The highest BCUT2D eigenvalue weighted by Gasteiger charge is 2.15. The molecular weight excluding hydrogens is 310 g/mol. The normalized spacial score (nSPS) is 18.7. The number of nitrogens with zero attached hydrogens (tertiary/aromatic N) is 1. The number of nitrogens with one attached hydrogen (secondary N) is 2. The highest BCUT2D eigenvalue weighted by Crippen LogP contribution is 2.27. The fraction of sp³-hybridized carbons (Fsp3) is 0.941. The minimum atomic E-state index is -2.89. The predicted octanol–water partition coefficient (Wildman–Crippen LogP) is 2.73. The summed E-state index contributed by atoms with van der Waals surface area (Å²) in [6, 6.07) is 0.393. The smallest absolute Gasteiger partial charge is 0.191 e. The average molecular weight is 346 g/mol. The zero-order valence-electron chi connectivity index (χ0n) is 15.1. The minimum absolute atomic E-state index is 0.202. The van der Waals surface area contributed by atoms with Crippen LogP contribution in [0.1, 0.15) is 65.2 Å². The van der Waals surface area contributed by atoms with Gasteiger partial charge in [0.05, 0.1) is 5.75 Å². The quantitative estimate of drug-likeness (QED) is 0.383. The van der Waals surface area contributed by atoms with Crippen molar-refractivity contribution >= 4 is 15.8 Å². The number of guanidine groups is 1. The van der Waals surface area contributed by atoms with E-state index in [0.29, 0.717) is 19.0 Å². The molecule has 1 rings (SSSR count). The van der Waals surface area contributed by atoms with Gasteiger partial charge in [0.25, 0.3) is 0 Å². The van der Waals surface area contributed by atoms with Crippen molar-refractivity contribution in [2.24, 2.45) is 10.9 Å². The lowest BCUT2D eigenvalue weighted by Crippen LogP contribution is -2.42. The fourth-order valence-corrected chi connectivity index (χ4v) is 3.76. The first-order chi connectivity index (χ1) is 10.9. The Bertz CT molecular complexity index is 443. The maximum Gasteiger partial charge on any atom is 0.191 e. The lowest BCUT2D eigenvalue weighted by atomic mass is 9.85. The third-order valence-electron chi connectivity index (χ3n) is 4.40. The fourth-order valence-electron chi connectivity index (χ4n) is 3.10. The Kier molecular flexibility index (Phi) is 9.60. The number of rotatable bonds is 9. The summed E-state index contributed by atoms with van der Waals surface area (Å²) in [5, 5.41) is 6.68. The van der Waals surface area contributed by atoms with Crippen LogP contribution in [0.3, 0.4) is 0 Å². The van der Waals surface area contributed by atoms with E-state index in [-0.39, 0.29) is 5.75 Å². The first-order valence-corrected chi connectivity index (χ1v) is 11.2. The van der Waals surface area contributed by atoms with E-state index in [0.717, 1.165) is 18.4 Å². The summed E-state index contributed by atoms with van der Waals surface area (Å²) >= 11 is 0. The second-order valence-corrected chi connectivity index (χ2v) is 9.13. The number of hydrogen-bond donors (Lipinski definition) is 2. The SMILES string of the molecule is CCNC(=NCCCS(C)(=O)=O)NC(C)CCC1CCCCC1. The topological polar surface area (TPSA) is 70.6 Å². The van der Waals surface area contributed by atoms with Crippen LogP contribution in [0.4, 0.5) is 0 Å². The summed E-state index contributed by atoms with van der Waals surface area (Å²) in [7, 11) is -2.89. The van der Waals surface area contributed by atoms with Crippen LogP contribution in [0.2, 0.25) is 0 Å². The average Bonchev–Trinajstić information content (AvgIpc) is 2.50. The summed E-state index contributed by atoms with van der Waals surface area (Å²) < 4.78 is 22.3. The zero-order valence-corrected chi connectivity index (χ0v) is 15.9. The molecule has 0 aromatic rings. The van der Waals surface area contributed by atoms with Crippen LogP contribution >= 0.6 is 0 Å². The van der Waals surface area contributed by atoms with Crippen molar-refractivity contribution in [1.82, 2.24) is 10.6 Å². The lowest BCUT2D eigenvalue weighted by Gasteiger charge is -2.24. The summed E-state index contributed by atoms with van der Waals surface area (Å²) in [5.41, 5.74) is 0. The second kappa shape index (κ2) is 10.9. The number of sulfone groups is 1. The first kappa shape index (κ1) is 20.3. The summed E-state index contributed by atoms with van der Waals surface area (Å²) in [6.45, 7) is 5.59. The molecule has 23 heavy (non-hydrogen) atoms. The Balaban J connectivity index is 2.31. The molecule has 1 saturated carbocycles. The van der Waals surface area contributed by atoms with Crippen LogP contribution in [-0.2, 0) is 9.84 Å². The van der Waals surface area contributed by atoms with Gasteiger partial charge >= 0.3 is 0 Å². The Morgan fingerprint density at radius 1 is 1.26 bits per heavy atom. The number of hydrogen-bond acceptors (Lipinski definition) is 3.